The minimum absolute atomic E-state index is 0.853. The third-order valence-corrected chi connectivity index (χ3v) is 4.37. The number of aromatic nitrogens is 1. The Morgan fingerprint density at radius 2 is 1.80 bits per heavy atom. The van der Waals surface area contributed by atoms with Gasteiger partial charge in [0.05, 0.1) is 0 Å². The second-order valence-corrected chi connectivity index (χ2v) is 6.27. The van der Waals surface area contributed by atoms with Crippen LogP contribution in [0.15, 0.2) is 59.7 Å². The molecule has 0 bridgehead atoms. The Labute approximate surface area is 149 Å². The van der Waals surface area contributed by atoms with Crippen LogP contribution in [0, 0.1) is 6.92 Å². The Morgan fingerprint density at radius 1 is 1.00 bits per heavy atom. The first-order valence-corrected chi connectivity index (χ1v) is 8.81. The zero-order valence-electron chi connectivity index (χ0n) is 15.0. The summed E-state index contributed by atoms with van der Waals surface area (Å²) in [7, 11) is 1.81. The van der Waals surface area contributed by atoms with E-state index < -0.39 is 0 Å². The van der Waals surface area contributed by atoms with Gasteiger partial charge in [0.25, 0.3) is 0 Å². The molecule has 0 unspecified atom stereocenters. The first-order valence-electron chi connectivity index (χ1n) is 8.81. The molecule has 0 radical (unpaired) electrons. The number of aryl methyl sites for hydroxylation is 1. The van der Waals surface area contributed by atoms with E-state index in [1.54, 1.807) is 0 Å². The van der Waals surface area contributed by atoms with Gasteiger partial charge in [0.1, 0.15) is 0 Å². The monoisotopic (exact) mass is 334 g/mol. The van der Waals surface area contributed by atoms with E-state index in [4.69, 9.17) is 0 Å². The van der Waals surface area contributed by atoms with Crippen molar-refractivity contribution in [2.75, 3.05) is 20.1 Å². The smallest absolute Gasteiger partial charge is 0.190 e. The molecule has 130 valence electrons. The lowest BCUT2D eigenvalue weighted by molar-refractivity contribution is 0.785. The lowest BCUT2D eigenvalue weighted by Crippen LogP contribution is -2.39. The second-order valence-electron chi connectivity index (χ2n) is 6.27. The molecule has 1 heterocycles. The zero-order valence-corrected chi connectivity index (χ0v) is 15.0. The van der Waals surface area contributed by atoms with E-state index in [-0.39, 0.29) is 0 Å². The van der Waals surface area contributed by atoms with Crippen molar-refractivity contribution in [3.63, 3.8) is 0 Å². The number of benzene rings is 2. The highest BCUT2D eigenvalue weighted by Crippen LogP contribution is 2.17. The molecule has 3 rings (SSSR count). The van der Waals surface area contributed by atoms with E-state index in [1.807, 2.05) is 7.05 Å². The zero-order chi connectivity index (χ0) is 17.5. The molecular formula is C21H26N4. The molecule has 0 saturated heterocycles. The highest BCUT2D eigenvalue weighted by molar-refractivity contribution is 5.83. The predicted molar refractivity (Wildman–Crippen MR) is 106 cm³/mol. The van der Waals surface area contributed by atoms with Gasteiger partial charge in [0, 0.05) is 37.2 Å². The SMILES string of the molecule is CN=C(NCCc1cccc(C)c1)NCCc1c[nH]c2ccccc12. The molecule has 3 aromatic rings. The lowest BCUT2D eigenvalue weighted by atomic mass is 10.1. The van der Waals surface area contributed by atoms with Gasteiger partial charge in [-0.25, -0.2) is 0 Å². The molecule has 0 saturated carbocycles. The molecule has 0 spiro atoms. The highest BCUT2D eigenvalue weighted by Gasteiger charge is 2.03. The quantitative estimate of drug-likeness (QED) is 0.478. The van der Waals surface area contributed by atoms with Crippen LogP contribution in [0.4, 0.5) is 0 Å². The summed E-state index contributed by atoms with van der Waals surface area (Å²) in [6, 6.07) is 17.0. The first kappa shape index (κ1) is 17.1. The third-order valence-electron chi connectivity index (χ3n) is 4.37. The van der Waals surface area contributed by atoms with E-state index >= 15 is 0 Å². The van der Waals surface area contributed by atoms with Gasteiger partial charge in [-0.2, -0.15) is 0 Å². The lowest BCUT2D eigenvalue weighted by Gasteiger charge is -2.12. The maximum atomic E-state index is 4.30. The average molecular weight is 334 g/mol. The summed E-state index contributed by atoms with van der Waals surface area (Å²) in [5.74, 6) is 0.854. The van der Waals surface area contributed by atoms with Crippen molar-refractivity contribution in [2.45, 2.75) is 19.8 Å². The third kappa shape index (κ3) is 4.63. The van der Waals surface area contributed by atoms with Crippen LogP contribution in [0.1, 0.15) is 16.7 Å². The Hall–Kier alpha value is -2.75. The highest BCUT2D eigenvalue weighted by atomic mass is 15.2. The van der Waals surface area contributed by atoms with Gasteiger partial charge in [-0.15, -0.1) is 0 Å². The Balaban J connectivity index is 1.45. The number of rotatable bonds is 6. The van der Waals surface area contributed by atoms with Crippen molar-refractivity contribution in [2.24, 2.45) is 4.99 Å². The molecule has 4 heteroatoms. The summed E-state index contributed by atoms with van der Waals surface area (Å²) in [4.78, 5) is 7.63. The second kappa shape index (κ2) is 8.38. The van der Waals surface area contributed by atoms with Crippen molar-refractivity contribution < 1.29 is 0 Å². The summed E-state index contributed by atoms with van der Waals surface area (Å²) >= 11 is 0. The number of aliphatic imine (C=N–C) groups is 1. The van der Waals surface area contributed by atoms with Gasteiger partial charge in [-0.1, -0.05) is 48.0 Å². The number of para-hydroxylation sites is 1. The molecule has 4 nitrogen and oxygen atoms in total. The minimum Gasteiger partial charge on any atom is -0.361 e. The number of nitrogens with zero attached hydrogens (tertiary/aromatic N) is 1. The van der Waals surface area contributed by atoms with Crippen molar-refractivity contribution in [1.29, 1.82) is 0 Å². The summed E-state index contributed by atoms with van der Waals surface area (Å²) in [5.41, 5.74) is 5.18. The summed E-state index contributed by atoms with van der Waals surface area (Å²) < 4.78 is 0. The Bertz CT molecular complexity index is 848. The largest absolute Gasteiger partial charge is 0.361 e. The molecule has 1 aromatic heterocycles. The maximum absolute atomic E-state index is 4.30. The van der Waals surface area contributed by atoms with Gasteiger partial charge in [0.2, 0.25) is 0 Å². The van der Waals surface area contributed by atoms with Gasteiger partial charge in [-0.05, 0) is 37.0 Å². The Morgan fingerprint density at radius 3 is 2.60 bits per heavy atom. The number of fused-ring (bicyclic) bond motifs is 1. The molecule has 2 aromatic carbocycles. The fourth-order valence-electron chi connectivity index (χ4n) is 3.07. The predicted octanol–water partition coefficient (Wildman–Crippen LogP) is 3.43. The molecule has 0 aliphatic heterocycles. The van der Waals surface area contributed by atoms with Crippen LogP contribution < -0.4 is 10.6 Å². The molecule has 0 aliphatic rings. The number of H-pyrrole nitrogens is 1. The molecular weight excluding hydrogens is 308 g/mol. The van der Waals surface area contributed by atoms with E-state index in [2.05, 4.69) is 82.3 Å². The Kier molecular flexibility index (Phi) is 5.73. The van der Waals surface area contributed by atoms with Gasteiger partial charge in [0.15, 0.2) is 5.96 Å². The topological polar surface area (TPSA) is 52.2 Å². The molecule has 0 fully saturated rings. The van der Waals surface area contributed by atoms with E-state index in [9.17, 15) is 0 Å². The van der Waals surface area contributed by atoms with Crippen LogP contribution in [0.3, 0.4) is 0 Å². The van der Waals surface area contributed by atoms with Crippen LogP contribution in [0.2, 0.25) is 0 Å². The fourth-order valence-corrected chi connectivity index (χ4v) is 3.07. The molecule has 0 amide bonds. The van der Waals surface area contributed by atoms with Crippen molar-refractivity contribution in [3.05, 3.63) is 71.4 Å². The summed E-state index contributed by atoms with van der Waals surface area (Å²) in [6.07, 6.45) is 4.05. The van der Waals surface area contributed by atoms with E-state index in [1.165, 1.54) is 27.6 Å². The fraction of sp³-hybridized carbons (Fsp3) is 0.286. The number of hydrogen-bond donors (Lipinski definition) is 3. The van der Waals surface area contributed by atoms with Gasteiger partial charge in [-0.3, -0.25) is 4.99 Å². The first-order chi connectivity index (χ1) is 12.3. The van der Waals surface area contributed by atoms with Crippen LogP contribution in [0.5, 0.6) is 0 Å². The van der Waals surface area contributed by atoms with Crippen molar-refractivity contribution in [1.82, 2.24) is 15.6 Å². The summed E-state index contributed by atoms with van der Waals surface area (Å²) in [6.45, 7) is 3.85. The van der Waals surface area contributed by atoms with Crippen LogP contribution in [-0.2, 0) is 12.8 Å². The normalized spacial score (nSPS) is 11.7. The van der Waals surface area contributed by atoms with Crippen LogP contribution in [0.25, 0.3) is 10.9 Å². The molecule has 0 atom stereocenters. The minimum atomic E-state index is 0.853. The average Bonchev–Trinajstić information content (AvgIpc) is 3.04. The van der Waals surface area contributed by atoms with Crippen molar-refractivity contribution >= 4 is 16.9 Å². The number of nitrogens with one attached hydrogen (secondary N) is 3. The molecule has 3 N–H and O–H groups in total. The number of aromatic amines is 1. The van der Waals surface area contributed by atoms with Gasteiger partial charge < -0.3 is 15.6 Å². The van der Waals surface area contributed by atoms with Gasteiger partial charge >= 0.3 is 0 Å². The van der Waals surface area contributed by atoms with E-state index in [0.29, 0.717) is 0 Å². The standard InChI is InChI=1S/C21H26N4/c1-16-6-5-7-17(14-16)10-12-23-21(22-2)24-13-11-18-15-25-20-9-4-3-8-19(18)20/h3-9,14-15,25H,10-13H2,1-2H3,(H2,22,23,24). The summed E-state index contributed by atoms with van der Waals surface area (Å²) in [5, 5.41) is 8.08. The molecule has 0 aliphatic carbocycles. The van der Waals surface area contributed by atoms with Crippen LogP contribution in [-0.4, -0.2) is 31.1 Å². The molecule has 25 heavy (non-hydrogen) atoms. The number of hydrogen-bond acceptors (Lipinski definition) is 1. The maximum Gasteiger partial charge on any atom is 0.190 e. The van der Waals surface area contributed by atoms with Crippen molar-refractivity contribution in [3.8, 4) is 0 Å². The van der Waals surface area contributed by atoms with E-state index in [0.717, 1.165) is 31.9 Å². The number of guanidine groups is 1. The van der Waals surface area contributed by atoms with Crippen LogP contribution >= 0.6 is 0 Å².